The zero-order chi connectivity index (χ0) is 19.7. The monoisotopic (exact) mass is 392 g/mol. The zero-order valence-electron chi connectivity index (χ0n) is 14.9. The van der Waals surface area contributed by atoms with Gasteiger partial charge in [0, 0.05) is 12.1 Å². The van der Waals surface area contributed by atoms with Gasteiger partial charge in [-0.1, -0.05) is 6.07 Å². The van der Waals surface area contributed by atoms with Gasteiger partial charge in [0.1, 0.15) is 5.69 Å². The fourth-order valence-electron chi connectivity index (χ4n) is 2.79. The summed E-state index contributed by atoms with van der Waals surface area (Å²) in [6.45, 7) is 0.485. The number of carbonyl (C=O) groups excluding carboxylic acids is 1. The number of rotatable bonds is 7. The van der Waals surface area contributed by atoms with E-state index in [1.54, 1.807) is 0 Å². The van der Waals surface area contributed by atoms with Crippen LogP contribution in [0.5, 0.6) is 5.88 Å². The van der Waals surface area contributed by atoms with Gasteiger partial charge >= 0.3 is 6.18 Å². The Kier molecular flexibility index (Phi) is 4.91. The number of nitrogens with one attached hydrogen (secondary N) is 1. The maximum absolute atomic E-state index is 13.4. The minimum atomic E-state index is -4.70. The fourth-order valence-corrected chi connectivity index (χ4v) is 2.79. The van der Waals surface area contributed by atoms with Gasteiger partial charge in [-0.05, 0) is 43.7 Å². The molecule has 2 saturated carbocycles. The predicted octanol–water partition coefficient (Wildman–Crippen LogP) is 3.57. The molecule has 0 bridgehead atoms. The molecule has 2 heterocycles. The van der Waals surface area contributed by atoms with E-state index in [9.17, 15) is 18.0 Å². The lowest BCUT2D eigenvalue weighted by atomic mass is 10.1. The van der Waals surface area contributed by atoms with Gasteiger partial charge in [-0.15, -0.1) is 0 Å². The standard InChI is InChI=1S/C19H19F3N4O2/c20-19(21,22)16(13-3-1-2-8-23-13)26-17(27)14-9-24-15(12-6-7-12)18(25-14)28-10-11-4-5-11/h1-3,8-9,11-12,16H,4-7,10H2,(H,26,27). The Morgan fingerprint density at radius 3 is 2.61 bits per heavy atom. The van der Waals surface area contributed by atoms with E-state index in [-0.39, 0.29) is 23.2 Å². The van der Waals surface area contributed by atoms with Crippen molar-refractivity contribution in [2.24, 2.45) is 5.92 Å². The van der Waals surface area contributed by atoms with E-state index >= 15 is 0 Å². The molecular formula is C19H19F3N4O2. The summed E-state index contributed by atoms with van der Waals surface area (Å²) in [6.07, 6.45) is 1.86. The van der Waals surface area contributed by atoms with Crippen molar-refractivity contribution in [1.82, 2.24) is 20.3 Å². The van der Waals surface area contributed by atoms with E-state index in [2.05, 4.69) is 15.0 Å². The quantitative estimate of drug-likeness (QED) is 0.780. The molecule has 1 amide bonds. The van der Waals surface area contributed by atoms with Crippen molar-refractivity contribution in [1.29, 1.82) is 0 Å². The van der Waals surface area contributed by atoms with Crippen molar-refractivity contribution in [3.63, 3.8) is 0 Å². The fraction of sp³-hybridized carbons (Fsp3) is 0.474. The van der Waals surface area contributed by atoms with Crippen LogP contribution in [0.2, 0.25) is 0 Å². The number of ether oxygens (including phenoxy) is 1. The maximum Gasteiger partial charge on any atom is 0.414 e. The molecule has 2 aromatic rings. The molecule has 6 nitrogen and oxygen atoms in total. The van der Waals surface area contributed by atoms with E-state index in [4.69, 9.17) is 4.74 Å². The summed E-state index contributed by atoms with van der Waals surface area (Å²) in [5.74, 6) is 0.00268. The highest BCUT2D eigenvalue weighted by atomic mass is 19.4. The Morgan fingerprint density at radius 1 is 1.21 bits per heavy atom. The number of amides is 1. The van der Waals surface area contributed by atoms with Crippen molar-refractivity contribution >= 4 is 5.91 Å². The van der Waals surface area contributed by atoms with Gasteiger partial charge in [-0.3, -0.25) is 14.8 Å². The second-order valence-electron chi connectivity index (χ2n) is 7.18. The normalized spacial score (nSPS) is 17.8. The molecule has 2 aliphatic carbocycles. The lowest BCUT2D eigenvalue weighted by Gasteiger charge is -2.21. The molecule has 2 fully saturated rings. The molecule has 9 heteroatoms. The second-order valence-corrected chi connectivity index (χ2v) is 7.18. The lowest BCUT2D eigenvalue weighted by Crippen LogP contribution is -2.39. The summed E-state index contributed by atoms with van der Waals surface area (Å²) in [4.78, 5) is 24.6. The first-order chi connectivity index (χ1) is 13.4. The smallest absolute Gasteiger partial charge is 0.414 e. The summed E-state index contributed by atoms with van der Waals surface area (Å²) in [5.41, 5.74) is 0.172. The summed E-state index contributed by atoms with van der Waals surface area (Å²) in [7, 11) is 0. The van der Waals surface area contributed by atoms with Crippen molar-refractivity contribution in [3.8, 4) is 5.88 Å². The van der Waals surface area contributed by atoms with Crippen molar-refractivity contribution in [3.05, 3.63) is 47.7 Å². The van der Waals surface area contributed by atoms with E-state index in [0.717, 1.165) is 25.7 Å². The average Bonchev–Trinajstić information content (AvgIpc) is 3.57. The minimum Gasteiger partial charge on any atom is -0.476 e. The van der Waals surface area contributed by atoms with Crippen LogP contribution in [0.25, 0.3) is 0 Å². The highest BCUT2D eigenvalue weighted by molar-refractivity contribution is 5.92. The first-order valence-electron chi connectivity index (χ1n) is 9.20. The molecule has 28 heavy (non-hydrogen) atoms. The summed E-state index contributed by atoms with van der Waals surface area (Å²) >= 11 is 0. The first-order valence-corrected chi connectivity index (χ1v) is 9.20. The molecule has 2 aromatic heterocycles. The Labute approximate surface area is 159 Å². The van der Waals surface area contributed by atoms with E-state index in [0.29, 0.717) is 18.2 Å². The molecule has 0 aliphatic heterocycles. The van der Waals surface area contributed by atoms with Gasteiger partial charge < -0.3 is 10.1 Å². The van der Waals surface area contributed by atoms with Crippen LogP contribution in [-0.4, -0.2) is 33.6 Å². The Bertz CT molecular complexity index is 852. The third-order valence-electron chi connectivity index (χ3n) is 4.70. The van der Waals surface area contributed by atoms with E-state index in [1.807, 2.05) is 5.32 Å². The van der Waals surface area contributed by atoms with Crippen molar-refractivity contribution < 1.29 is 22.7 Å². The SMILES string of the molecule is O=C(NC(c1ccccn1)C(F)(F)F)c1cnc(C2CC2)c(OCC2CC2)n1. The number of carbonyl (C=O) groups is 1. The molecule has 0 aromatic carbocycles. The largest absolute Gasteiger partial charge is 0.476 e. The molecule has 1 atom stereocenters. The Balaban J connectivity index is 1.55. The number of nitrogens with zero attached hydrogens (tertiary/aromatic N) is 3. The summed E-state index contributed by atoms with van der Waals surface area (Å²) < 4.78 is 46.0. The van der Waals surface area contributed by atoms with Crippen LogP contribution in [0.3, 0.4) is 0 Å². The molecule has 4 rings (SSSR count). The van der Waals surface area contributed by atoms with Crippen LogP contribution >= 0.6 is 0 Å². The third-order valence-corrected chi connectivity index (χ3v) is 4.70. The van der Waals surface area contributed by atoms with Gasteiger partial charge in [-0.25, -0.2) is 4.98 Å². The van der Waals surface area contributed by atoms with Crippen molar-refractivity contribution in [2.75, 3.05) is 6.61 Å². The number of halogens is 3. The van der Waals surface area contributed by atoms with Gasteiger partial charge in [0.2, 0.25) is 5.88 Å². The number of hydrogen-bond donors (Lipinski definition) is 1. The summed E-state index contributed by atoms with van der Waals surface area (Å²) in [5, 5.41) is 1.97. The minimum absolute atomic E-state index is 0.208. The van der Waals surface area contributed by atoms with Gasteiger partial charge in [0.15, 0.2) is 11.7 Å². The number of aromatic nitrogens is 3. The molecule has 2 aliphatic rings. The molecule has 0 spiro atoms. The Morgan fingerprint density at radius 2 is 2.00 bits per heavy atom. The van der Waals surface area contributed by atoms with Crippen LogP contribution < -0.4 is 10.1 Å². The van der Waals surface area contributed by atoms with Crippen LogP contribution in [0.4, 0.5) is 13.2 Å². The number of pyridine rings is 1. The maximum atomic E-state index is 13.4. The number of hydrogen-bond acceptors (Lipinski definition) is 5. The number of alkyl halides is 3. The van der Waals surface area contributed by atoms with Crippen molar-refractivity contribution in [2.45, 2.75) is 43.8 Å². The first kappa shape index (κ1) is 18.6. The van der Waals surface area contributed by atoms with Gasteiger partial charge in [0.05, 0.1) is 18.5 Å². The third kappa shape index (κ3) is 4.40. The van der Waals surface area contributed by atoms with E-state index in [1.165, 1.54) is 30.6 Å². The van der Waals surface area contributed by atoms with Gasteiger partial charge in [-0.2, -0.15) is 13.2 Å². The van der Waals surface area contributed by atoms with Crippen LogP contribution in [0.1, 0.15) is 59.5 Å². The highest BCUT2D eigenvalue weighted by Crippen LogP contribution is 2.43. The Hall–Kier alpha value is -2.71. The molecule has 1 unspecified atom stereocenters. The molecule has 0 radical (unpaired) electrons. The average molecular weight is 392 g/mol. The van der Waals surface area contributed by atoms with E-state index < -0.39 is 18.1 Å². The topological polar surface area (TPSA) is 77.0 Å². The molecule has 1 N–H and O–H groups in total. The second kappa shape index (κ2) is 7.37. The van der Waals surface area contributed by atoms with Crippen LogP contribution in [0.15, 0.2) is 30.6 Å². The van der Waals surface area contributed by atoms with Crippen LogP contribution in [-0.2, 0) is 0 Å². The predicted molar refractivity (Wildman–Crippen MR) is 92.7 cm³/mol. The highest BCUT2D eigenvalue weighted by Gasteiger charge is 2.43. The van der Waals surface area contributed by atoms with Crippen LogP contribution in [0, 0.1) is 5.92 Å². The summed E-state index contributed by atoms with van der Waals surface area (Å²) in [6, 6.07) is 1.91. The zero-order valence-corrected chi connectivity index (χ0v) is 14.9. The molecule has 0 saturated heterocycles. The molecular weight excluding hydrogens is 373 g/mol. The molecule has 148 valence electrons. The lowest BCUT2D eigenvalue weighted by molar-refractivity contribution is -0.156. The van der Waals surface area contributed by atoms with Gasteiger partial charge in [0.25, 0.3) is 5.91 Å².